The molecule has 0 bridgehead atoms. The number of halogens is 2. The maximum atomic E-state index is 13.9. The Bertz CT molecular complexity index is 1280. The zero-order chi connectivity index (χ0) is 23.5. The summed E-state index contributed by atoms with van der Waals surface area (Å²) < 4.78 is 54.2. The van der Waals surface area contributed by atoms with E-state index in [9.17, 15) is 32.1 Å². The fourth-order valence-electron chi connectivity index (χ4n) is 2.83. The number of non-ortho nitro benzene ring substituents is 1. The van der Waals surface area contributed by atoms with Crippen molar-refractivity contribution in [2.24, 2.45) is 0 Å². The molecule has 0 atom stereocenters. The first-order valence-corrected chi connectivity index (χ1v) is 10.6. The SMILES string of the molecule is Cc1ccc(S(=O)(=O)N(CC(=O)Nc2ccc(F)cc2F)c2cccc([N+](=O)[O-])c2)cc1. The van der Waals surface area contributed by atoms with Gasteiger partial charge >= 0.3 is 0 Å². The molecule has 166 valence electrons. The van der Waals surface area contributed by atoms with Gasteiger partial charge in [0.2, 0.25) is 5.91 Å². The van der Waals surface area contributed by atoms with E-state index in [1.165, 1.54) is 30.3 Å². The van der Waals surface area contributed by atoms with Crippen LogP contribution in [0.1, 0.15) is 5.56 Å². The zero-order valence-electron chi connectivity index (χ0n) is 16.7. The predicted octanol–water partition coefficient (Wildman–Crippen LogP) is 4.02. The van der Waals surface area contributed by atoms with Gasteiger partial charge in [-0.25, -0.2) is 17.2 Å². The van der Waals surface area contributed by atoms with Crippen molar-refractivity contribution in [3.63, 3.8) is 0 Å². The van der Waals surface area contributed by atoms with E-state index in [-0.39, 0.29) is 22.0 Å². The van der Waals surface area contributed by atoms with E-state index < -0.39 is 39.0 Å². The van der Waals surface area contributed by atoms with E-state index >= 15 is 0 Å². The minimum atomic E-state index is -4.32. The van der Waals surface area contributed by atoms with Crippen LogP contribution in [0.2, 0.25) is 0 Å². The Hall–Kier alpha value is -3.86. The molecular weight excluding hydrogens is 444 g/mol. The van der Waals surface area contributed by atoms with E-state index in [0.717, 1.165) is 23.8 Å². The average Bonchev–Trinajstić information content (AvgIpc) is 2.74. The minimum Gasteiger partial charge on any atom is -0.322 e. The topological polar surface area (TPSA) is 110 Å². The van der Waals surface area contributed by atoms with Crippen molar-refractivity contribution in [1.82, 2.24) is 0 Å². The lowest BCUT2D eigenvalue weighted by Crippen LogP contribution is -2.38. The van der Waals surface area contributed by atoms with Crippen LogP contribution in [0.25, 0.3) is 0 Å². The summed E-state index contributed by atoms with van der Waals surface area (Å²) in [4.78, 5) is 22.9. The van der Waals surface area contributed by atoms with Crippen molar-refractivity contribution in [2.45, 2.75) is 11.8 Å². The molecular formula is C21H17F2N3O5S. The highest BCUT2D eigenvalue weighted by Crippen LogP contribution is 2.27. The molecule has 3 aromatic carbocycles. The Morgan fingerprint density at radius 3 is 2.38 bits per heavy atom. The van der Waals surface area contributed by atoms with Gasteiger partial charge in [-0.15, -0.1) is 0 Å². The highest BCUT2D eigenvalue weighted by atomic mass is 32.2. The van der Waals surface area contributed by atoms with Gasteiger partial charge in [0.1, 0.15) is 18.2 Å². The van der Waals surface area contributed by atoms with Crippen molar-refractivity contribution < 1.29 is 26.9 Å². The Morgan fingerprint density at radius 1 is 1.06 bits per heavy atom. The number of aryl methyl sites for hydroxylation is 1. The number of benzene rings is 3. The highest BCUT2D eigenvalue weighted by molar-refractivity contribution is 7.92. The molecule has 32 heavy (non-hydrogen) atoms. The summed E-state index contributed by atoms with van der Waals surface area (Å²) in [5, 5.41) is 13.3. The van der Waals surface area contributed by atoms with Gasteiger partial charge in [0, 0.05) is 18.2 Å². The number of nitrogens with zero attached hydrogens (tertiary/aromatic N) is 2. The van der Waals surface area contributed by atoms with Crippen LogP contribution in [0.15, 0.2) is 71.6 Å². The molecule has 0 unspecified atom stereocenters. The first-order chi connectivity index (χ1) is 15.1. The molecule has 0 fully saturated rings. The second-order valence-electron chi connectivity index (χ2n) is 6.77. The normalized spacial score (nSPS) is 11.1. The number of anilines is 2. The number of amides is 1. The summed E-state index contributed by atoms with van der Waals surface area (Å²) >= 11 is 0. The van der Waals surface area contributed by atoms with Crippen LogP contribution < -0.4 is 9.62 Å². The van der Waals surface area contributed by atoms with Gasteiger partial charge in [0.15, 0.2) is 0 Å². The molecule has 3 rings (SSSR count). The molecule has 0 radical (unpaired) electrons. The molecule has 0 aliphatic carbocycles. The first kappa shape index (κ1) is 22.8. The number of rotatable bonds is 7. The quantitative estimate of drug-likeness (QED) is 0.422. The van der Waals surface area contributed by atoms with Gasteiger partial charge in [-0.1, -0.05) is 23.8 Å². The van der Waals surface area contributed by atoms with Crippen LogP contribution in [-0.4, -0.2) is 25.8 Å². The number of nitrogens with one attached hydrogen (secondary N) is 1. The van der Waals surface area contributed by atoms with Crippen LogP contribution in [0.4, 0.5) is 25.8 Å². The summed E-state index contributed by atoms with van der Waals surface area (Å²) in [6, 6.07) is 13.1. The van der Waals surface area contributed by atoms with E-state index in [1.807, 2.05) is 0 Å². The number of carbonyl (C=O) groups is 1. The van der Waals surface area contributed by atoms with Gasteiger partial charge in [-0.05, 0) is 37.3 Å². The smallest absolute Gasteiger partial charge is 0.271 e. The molecule has 3 aromatic rings. The Labute approximate surface area is 182 Å². The van der Waals surface area contributed by atoms with Crippen molar-refractivity contribution in [2.75, 3.05) is 16.2 Å². The molecule has 8 nitrogen and oxygen atoms in total. The van der Waals surface area contributed by atoms with Crippen molar-refractivity contribution in [3.8, 4) is 0 Å². The molecule has 0 aliphatic heterocycles. The second-order valence-corrected chi connectivity index (χ2v) is 8.64. The molecule has 0 saturated carbocycles. The third-order valence-corrected chi connectivity index (χ3v) is 6.22. The Kier molecular flexibility index (Phi) is 6.49. The molecule has 11 heteroatoms. The number of carbonyl (C=O) groups excluding carboxylic acids is 1. The first-order valence-electron chi connectivity index (χ1n) is 9.17. The van der Waals surface area contributed by atoms with E-state index in [4.69, 9.17) is 0 Å². The number of nitro benzene ring substituents is 1. The number of sulfonamides is 1. The summed E-state index contributed by atoms with van der Waals surface area (Å²) in [6.07, 6.45) is 0. The fourth-order valence-corrected chi connectivity index (χ4v) is 4.24. The largest absolute Gasteiger partial charge is 0.322 e. The van der Waals surface area contributed by atoms with Crippen LogP contribution >= 0.6 is 0 Å². The lowest BCUT2D eigenvalue weighted by Gasteiger charge is -2.24. The maximum Gasteiger partial charge on any atom is 0.271 e. The van der Waals surface area contributed by atoms with Crippen LogP contribution in [-0.2, 0) is 14.8 Å². The van der Waals surface area contributed by atoms with E-state index in [0.29, 0.717) is 10.4 Å². The lowest BCUT2D eigenvalue weighted by atomic mass is 10.2. The number of hydrogen-bond acceptors (Lipinski definition) is 5. The molecule has 0 aromatic heterocycles. The maximum absolute atomic E-state index is 13.9. The highest BCUT2D eigenvalue weighted by Gasteiger charge is 2.28. The number of hydrogen-bond donors (Lipinski definition) is 1. The van der Waals surface area contributed by atoms with Crippen LogP contribution in [0, 0.1) is 28.7 Å². The average molecular weight is 461 g/mol. The second kappa shape index (κ2) is 9.10. The Balaban J connectivity index is 2.00. The third kappa shape index (κ3) is 5.06. The molecule has 1 N–H and O–H groups in total. The Morgan fingerprint density at radius 2 is 1.75 bits per heavy atom. The molecule has 0 saturated heterocycles. The van der Waals surface area contributed by atoms with E-state index in [2.05, 4.69) is 5.32 Å². The van der Waals surface area contributed by atoms with Gasteiger partial charge in [0.05, 0.1) is 21.2 Å². The molecule has 0 spiro atoms. The fraction of sp³-hybridized carbons (Fsp3) is 0.0952. The summed E-state index contributed by atoms with van der Waals surface area (Å²) in [6.45, 7) is 0.952. The van der Waals surface area contributed by atoms with Gasteiger partial charge in [-0.3, -0.25) is 19.2 Å². The number of nitro groups is 1. The lowest BCUT2D eigenvalue weighted by molar-refractivity contribution is -0.384. The third-order valence-electron chi connectivity index (χ3n) is 4.43. The molecule has 0 heterocycles. The zero-order valence-corrected chi connectivity index (χ0v) is 17.5. The minimum absolute atomic E-state index is 0.130. The van der Waals surface area contributed by atoms with Gasteiger partial charge in [-0.2, -0.15) is 0 Å². The standard InChI is InChI=1S/C21H17F2N3O5S/c1-14-5-8-18(9-6-14)32(30,31)25(16-3-2-4-17(12-16)26(28)29)13-21(27)24-20-10-7-15(22)11-19(20)23/h2-12H,13H2,1H3,(H,24,27). The summed E-state index contributed by atoms with van der Waals surface area (Å²) in [5.41, 5.74) is -0.0513. The van der Waals surface area contributed by atoms with Crippen molar-refractivity contribution in [3.05, 3.63) is 94.0 Å². The monoisotopic (exact) mass is 461 g/mol. The van der Waals surface area contributed by atoms with Crippen molar-refractivity contribution >= 4 is 33.0 Å². The van der Waals surface area contributed by atoms with Gasteiger partial charge < -0.3 is 5.32 Å². The predicted molar refractivity (Wildman–Crippen MR) is 114 cm³/mol. The molecule has 1 amide bonds. The van der Waals surface area contributed by atoms with Crippen LogP contribution in [0.3, 0.4) is 0 Å². The summed E-state index contributed by atoms with van der Waals surface area (Å²) in [7, 11) is -4.32. The van der Waals surface area contributed by atoms with Crippen LogP contribution in [0.5, 0.6) is 0 Å². The van der Waals surface area contributed by atoms with Gasteiger partial charge in [0.25, 0.3) is 15.7 Å². The van der Waals surface area contributed by atoms with Crippen molar-refractivity contribution in [1.29, 1.82) is 0 Å². The molecule has 0 aliphatic rings. The summed E-state index contributed by atoms with van der Waals surface area (Å²) in [5.74, 6) is -2.82. The van der Waals surface area contributed by atoms with E-state index in [1.54, 1.807) is 19.1 Å².